The Morgan fingerprint density at radius 1 is 1.27 bits per heavy atom. The molecule has 1 saturated carbocycles. The van der Waals surface area contributed by atoms with E-state index < -0.39 is 28.4 Å². The summed E-state index contributed by atoms with van der Waals surface area (Å²) in [7, 11) is 0. The number of β-lactam (4-membered cyclic amide) rings is 1. The highest BCUT2D eigenvalue weighted by molar-refractivity contribution is 8.01. The molecule has 7 nitrogen and oxygen atoms in total. The highest BCUT2D eigenvalue weighted by Gasteiger charge is 2.64. The number of thioether (sulfide) groups is 1. The number of fused-ring (bicyclic) bond motifs is 1. The van der Waals surface area contributed by atoms with Crippen molar-refractivity contribution < 1.29 is 24.2 Å². The maximum atomic E-state index is 13.8. The van der Waals surface area contributed by atoms with Crippen LogP contribution in [0.3, 0.4) is 0 Å². The number of ether oxygens (including phenoxy) is 1. The average Bonchev–Trinajstić information content (AvgIpc) is 2.97. The van der Waals surface area contributed by atoms with Crippen LogP contribution >= 0.6 is 11.8 Å². The number of rotatable bonds is 8. The third-order valence-corrected chi connectivity index (χ3v) is 9.70. The van der Waals surface area contributed by atoms with E-state index in [1.165, 1.54) is 23.1 Å². The maximum Gasteiger partial charge on any atom is 0.327 e. The second-order valence-electron chi connectivity index (χ2n) is 11.4. The molecule has 7 atom stereocenters. The Balaban J connectivity index is 1.81. The summed E-state index contributed by atoms with van der Waals surface area (Å²) in [6, 6.07) is -1.61. The zero-order valence-corrected chi connectivity index (χ0v) is 22.2. The minimum absolute atomic E-state index is 0.00613. The van der Waals surface area contributed by atoms with Gasteiger partial charge in [-0.3, -0.25) is 9.59 Å². The fraction of sp³-hybridized carbons (Fsp3) is 0.880. The number of hydrogen-bond donors (Lipinski definition) is 2. The first-order chi connectivity index (χ1) is 15.3. The van der Waals surface area contributed by atoms with Gasteiger partial charge >= 0.3 is 5.97 Å². The second-order valence-corrected chi connectivity index (χ2v) is 13.2. The van der Waals surface area contributed by atoms with E-state index in [1.807, 2.05) is 34.6 Å². The molecule has 3 rings (SSSR count). The van der Waals surface area contributed by atoms with Crippen molar-refractivity contribution in [3.05, 3.63) is 0 Å². The van der Waals surface area contributed by atoms with Gasteiger partial charge in [0.2, 0.25) is 5.91 Å². The van der Waals surface area contributed by atoms with E-state index in [0.29, 0.717) is 24.2 Å². The Morgan fingerprint density at radius 2 is 1.91 bits per heavy atom. The molecule has 33 heavy (non-hydrogen) atoms. The molecule has 2 aliphatic heterocycles. The third kappa shape index (κ3) is 4.54. The van der Waals surface area contributed by atoms with Gasteiger partial charge in [0.25, 0.3) is 5.91 Å². The van der Waals surface area contributed by atoms with Crippen LogP contribution in [0.25, 0.3) is 0 Å². The lowest BCUT2D eigenvalue weighted by atomic mass is 9.74. The molecule has 3 aliphatic rings. The first kappa shape index (κ1) is 26.3. The van der Waals surface area contributed by atoms with Gasteiger partial charge in [-0.15, -0.1) is 11.8 Å². The molecule has 1 aliphatic carbocycles. The highest BCUT2D eigenvalue weighted by Crippen LogP contribution is 2.51. The Bertz CT molecular complexity index is 785. The summed E-state index contributed by atoms with van der Waals surface area (Å²) >= 11 is 1.44. The molecule has 3 fully saturated rings. The number of carboxylic acids is 1. The Morgan fingerprint density at radius 3 is 2.42 bits per heavy atom. The molecule has 2 N–H and O–H groups in total. The predicted octanol–water partition coefficient (Wildman–Crippen LogP) is 3.90. The van der Waals surface area contributed by atoms with E-state index in [9.17, 15) is 19.5 Å². The third-order valence-electron chi connectivity index (χ3n) is 8.13. The molecule has 0 bridgehead atoms. The predicted molar refractivity (Wildman–Crippen MR) is 130 cm³/mol. The van der Waals surface area contributed by atoms with Gasteiger partial charge in [-0.2, -0.15) is 0 Å². The van der Waals surface area contributed by atoms with Crippen LogP contribution in [0, 0.1) is 23.7 Å². The first-order valence-corrected chi connectivity index (χ1v) is 13.4. The molecule has 0 aromatic heterocycles. The van der Waals surface area contributed by atoms with Gasteiger partial charge < -0.3 is 20.1 Å². The molecule has 0 spiro atoms. The van der Waals surface area contributed by atoms with Gasteiger partial charge in [0.15, 0.2) is 0 Å². The zero-order valence-electron chi connectivity index (χ0n) is 21.4. The molecule has 0 aromatic rings. The van der Waals surface area contributed by atoms with Crippen LogP contribution in [0.5, 0.6) is 0 Å². The van der Waals surface area contributed by atoms with Crippen molar-refractivity contribution in [2.24, 2.45) is 23.7 Å². The number of amides is 2. The highest BCUT2D eigenvalue weighted by atomic mass is 32.2. The van der Waals surface area contributed by atoms with E-state index in [2.05, 4.69) is 26.1 Å². The minimum atomic E-state index is -1.03. The zero-order chi connectivity index (χ0) is 24.9. The molecule has 0 unspecified atom stereocenters. The Hall–Kier alpha value is -1.28. The molecule has 2 heterocycles. The van der Waals surface area contributed by atoms with Crippen LogP contribution in [0.1, 0.15) is 81.1 Å². The molecule has 2 amide bonds. The van der Waals surface area contributed by atoms with E-state index in [4.69, 9.17) is 4.74 Å². The standard InChI is InChI=1S/C25H42N2O5S/c1-9-25(14(4)5,32-17-12-15(6)10-11-16(17)13(2)3)23(31)26-18-20(28)27-19(22(29)30)24(7,8)33-21(18)27/h13-19,21H,9-12H2,1-8H3,(H,26,31)(H,29,30)/t15-,16-,17-,18+,19-,21+,25-/m0/s1. The number of hydrogen-bond acceptors (Lipinski definition) is 5. The van der Waals surface area contributed by atoms with Crippen LogP contribution in [0.2, 0.25) is 0 Å². The van der Waals surface area contributed by atoms with Crippen LogP contribution in [-0.4, -0.2) is 61.7 Å². The van der Waals surface area contributed by atoms with Crippen molar-refractivity contribution >= 4 is 29.5 Å². The molecule has 8 heteroatoms. The van der Waals surface area contributed by atoms with Crippen molar-refractivity contribution in [1.82, 2.24) is 10.2 Å². The van der Waals surface area contributed by atoms with Gasteiger partial charge in [0, 0.05) is 4.75 Å². The maximum absolute atomic E-state index is 13.8. The lowest BCUT2D eigenvalue weighted by Crippen LogP contribution is -2.72. The van der Waals surface area contributed by atoms with E-state index in [-0.39, 0.29) is 29.2 Å². The van der Waals surface area contributed by atoms with Crippen molar-refractivity contribution in [2.75, 3.05) is 0 Å². The monoisotopic (exact) mass is 482 g/mol. The average molecular weight is 483 g/mol. The number of nitrogens with zero attached hydrogens (tertiary/aromatic N) is 1. The fourth-order valence-corrected chi connectivity index (χ4v) is 7.66. The lowest BCUT2D eigenvalue weighted by Gasteiger charge is -2.47. The minimum Gasteiger partial charge on any atom is -0.480 e. The second kappa shape index (κ2) is 9.40. The summed E-state index contributed by atoms with van der Waals surface area (Å²) < 4.78 is 6.15. The normalized spacial score (nSPS) is 35.2. The quantitative estimate of drug-likeness (QED) is 0.510. The number of aliphatic carboxylic acids is 1. The molecule has 0 radical (unpaired) electrons. The van der Waals surface area contributed by atoms with E-state index in [1.54, 1.807) is 0 Å². The molecule has 2 saturated heterocycles. The lowest BCUT2D eigenvalue weighted by molar-refractivity contribution is -0.184. The largest absolute Gasteiger partial charge is 0.480 e. The van der Waals surface area contributed by atoms with Crippen LogP contribution in [0.4, 0.5) is 0 Å². The number of carbonyl (C=O) groups is 3. The molecular weight excluding hydrogens is 440 g/mol. The van der Waals surface area contributed by atoms with Gasteiger partial charge in [0.1, 0.15) is 23.1 Å². The number of carbonyl (C=O) groups excluding carboxylic acids is 2. The van der Waals surface area contributed by atoms with Crippen LogP contribution in [0.15, 0.2) is 0 Å². The van der Waals surface area contributed by atoms with Crippen molar-refractivity contribution in [3.63, 3.8) is 0 Å². The van der Waals surface area contributed by atoms with Gasteiger partial charge in [-0.25, -0.2) is 4.79 Å². The van der Waals surface area contributed by atoms with Gasteiger partial charge in [-0.1, -0.05) is 48.0 Å². The molecular formula is C25H42N2O5S. The van der Waals surface area contributed by atoms with E-state index >= 15 is 0 Å². The van der Waals surface area contributed by atoms with E-state index in [0.717, 1.165) is 12.8 Å². The van der Waals surface area contributed by atoms with Crippen molar-refractivity contribution in [1.29, 1.82) is 0 Å². The number of nitrogens with one attached hydrogen (secondary N) is 1. The topological polar surface area (TPSA) is 95.9 Å². The van der Waals surface area contributed by atoms with Crippen LogP contribution in [-0.2, 0) is 19.1 Å². The van der Waals surface area contributed by atoms with Crippen molar-refractivity contribution in [3.8, 4) is 0 Å². The van der Waals surface area contributed by atoms with Gasteiger partial charge in [-0.05, 0) is 56.8 Å². The summed E-state index contributed by atoms with van der Waals surface area (Å²) in [5.74, 6) is -0.219. The van der Waals surface area contributed by atoms with Crippen LogP contribution < -0.4 is 5.32 Å². The smallest absolute Gasteiger partial charge is 0.327 e. The SMILES string of the molecule is CC[C@@](O[C@H]1C[C@@H](C)CC[C@H]1C(C)C)(C(=O)N[C@@H]1C(=O)N2[C@@H]1SC(C)(C)[C@@H]2C(=O)O)C(C)C. The number of carboxylic acid groups (broad SMARTS) is 1. The summed E-state index contributed by atoms with van der Waals surface area (Å²) in [5, 5.41) is 12.3. The van der Waals surface area contributed by atoms with Crippen molar-refractivity contribution in [2.45, 2.75) is 115 Å². The molecule has 0 aromatic carbocycles. The summed E-state index contributed by atoms with van der Waals surface area (Å²) in [6.45, 7) is 16.3. The van der Waals surface area contributed by atoms with Gasteiger partial charge in [0.05, 0.1) is 6.10 Å². The summed E-state index contributed by atoms with van der Waals surface area (Å²) in [5.41, 5.74) is -1.03. The summed E-state index contributed by atoms with van der Waals surface area (Å²) in [4.78, 5) is 39.9. The molecule has 188 valence electrons. The summed E-state index contributed by atoms with van der Waals surface area (Å²) in [6.07, 6.45) is 3.74. The fourth-order valence-electron chi connectivity index (χ4n) is 6.03. The Labute approximate surface area is 202 Å². The Kier molecular flexibility index (Phi) is 7.50. The first-order valence-electron chi connectivity index (χ1n) is 12.5.